The number of nitrogens with one attached hydrogen (secondary N) is 1. The number of nitrogens with zero attached hydrogens (tertiary/aromatic N) is 2. The van der Waals surface area contributed by atoms with Crippen LogP contribution in [0, 0.1) is 5.92 Å². The van der Waals surface area contributed by atoms with Gasteiger partial charge in [-0.15, -0.1) is 0 Å². The van der Waals surface area contributed by atoms with Crippen molar-refractivity contribution in [3.05, 3.63) is 70.6 Å². The molecule has 4 rings (SSSR count). The van der Waals surface area contributed by atoms with E-state index in [0.717, 1.165) is 31.9 Å². The first-order valence-electron chi connectivity index (χ1n) is 8.93. The second-order valence-electron chi connectivity index (χ2n) is 6.88. The Bertz CT molecular complexity index is 823. The lowest BCUT2D eigenvalue weighted by molar-refractivity contribution is -0.122. The molecular formula is C20H23N3O2S. The van der Waals surface area contributed by atoms with Crippen molar-refractivity contribution in [2.45, 2.75) is 32.6 Å². The zero-order chi connectivity index (χ0) is 17.8. The number of amides is 1. The first-order valence-corrected chi connectivity index (χ1v) is 9.87. The Morgan fingerprint density at radius 1 is 1.27 bits per heavy atom. The average molecular weight is 369 g/mol. The molecule has 0 saturated carbocycles. The number of carbonyl (C=O) groups excluding carboxylic acids is 1. The van der Waals surface area contributed by atoms with Gasteiger partial charge in [-0.3, -0.25) is 9.69 Å². The summed E-state index contributed by atoms with van der Waals surface area (Å²) in [5, 5.41) is 7.30. The SMILES string of the molecule is O=C(C[C@H]1CN(Cc2ccsc2)Cc2cccn2C1)NCc1ccco1. The van der Waals surface area contributed by atoms with Crippen LogP contribution in [0.5, 0.6) is 0 Å². The molecular weight excluding hydrogens is 346 g/mol. The molecule has 1 aliphatic rings. The second-order valence-corrected chi connectivity index (χ2v) is 7.66. The largest absolute Gasteiger partial charge is 0.467 e. The highest BCUT2D eigenvalue weighted by Gasteiger charge is 2.23. The fourth-order valence-electron chi connectivity index (χ4n) is 3.59. The molecule has 0 bridgehead atoms. The highest BCUT2D eigenvalue weighted by atomic mass is 32.1. The van der Waals surface area contributed by atoms with E-state index in [4.69, 9.17) is 4.42 Å². The minimum absolute atomic E-state index is 0.0810. The molecule has 1 N–H and O–H groups in total. The zero-order valence-corrected chi connectivity index (χ0v) is 15.5. The molecule has 0 fully saturated rings. The van der Waals surface area contributed by atoms with Crippen LogP contribution in [0.25, 0.3) is 0 Å². The fraction of sp³-hybridized carbons (Fsp3) is 0.350. The molecule has 5 nitrogen and oxygen atoms in total. The topological polar surface area (TPSA) is 50.4 Å². The Morgan fingerprint density at radius 2 is 2.23 bits per heavy atom. The van der Waals surface area contributed by atoms with E-state index in [1.807, 2.05) is 12.1 Å². The lowest BCUT2D eigenvalue weighted by atomic mass is 10.0. The molecule has 0 radical (unpaired) electrons. The third-order valence-electron chi connectivity index (χ3n) is 4.78. The van der Waals surface area contributed by atoms with Crippen LogP contribution in [0.2, 0.25) is 0 Å². The van der Waals surface area contributed by atoms with Crippen LogP contribution >= 0.6 is 11.3 Å². The van der Waals surface area contributed by atoms with E-state index < -0.39 is 0 Å². The third-order valence-corrected chi connectivity index (χ3v) is 5.51. The Hall–Kier alpha value is -2.31. The Kier molecular flexibility index (Phi) is 5.22. The van der Waals surface area contributed by atoms with Crippen molar-refractivity contribution in [2.75, 3.05) is 6.54 Å². The van der Waals surface area contributed by atoms with Crippen molar-refractivity contribution in [3.63, 3.8) is 0 Å². The van der Waals surface area contributed by atoms with Crippen molar-refractivity contribution in [2.24, 2.45) is 5.92 Å². The van der Waals surface area contributed by atoms with Crippen molar-refractivity contribution in [1.82, 2.24) is 14.8 Å². The van der Waals surface area contributed by atoms with Crippen LogP contribution in [0.1, 0.15) is 23.4 Å². The van der Waals surface area contributed by atoms with E-state index >= 15 is 0 Å². The van der Waals surface area contributed by atoms with E-state index in [0.29, 0.717) is 18.9 Å². The summed E-state index contributed by atoms with van der Waals surface area (Å²) in [7, 11) is 0. The highest BCUT2D eigenvalue weighted by molar-refractivity contribution is 7.07. The van der Waals surface area contributed by atoms with Gasteiger partial charge < -0.3 is 14.3 Å². The third kappa shape index (κ3) is 4.26. The maximum Gasteiger partial charge on any atom is 0.220 e. The van der Waals surface area contributed by atoms with Crippen LogP contribution < -0.4 is 5.32 Å². The van der Waals surface area contributed by atoms with Crippen LogP contribution in [0.3, 0.4) is 0 Å². The average Bonchev–Trinajstić information content (AvgIpc) is 3.36. The Labute approximate surface area is 157 Å². The van der Waals surface area contributed by atoms with E-state index in [2.05, 4.69) is 49.9 Å². The molecule has 3 aromatic rings. The quantitative estimate of drug-likeness (QED) is 0.724. The van der Waals surface area contributed by atoms with Crippen molar-refractivity contribution >= 4 is 17.2 Å². The fourth-order valence-corrected chi connectivity index (χ4v) is 4.25. The predicted molar refractivity (Wildman–Crippen MR) is 102 cm³/mol. The van der Waals surface area contributed by atoms with Crippen molar-refractivity contribution < 1.29 is 9.21 Å². The smallest absolute Gasteiger partial charge is 0.220 e. The van der Waals surface area contributed by atoms with Gasteiger partial charge in [-0.1, -0.05) is 0 Å². The molecule has 1 atom stereocenters. The van der Waals surface area contributed by atoms with Gasteiger partial charge >= 0.3 is 0 Å². The van der Waals surface area contributed by atoms with Gasteiger partial charge in [0.25, 0.3) is 0 Å². The number of furan rings is 1. The number of rotatable bonds is 6. The molecule has 0 aromatic carbocycles. The van der Waals surface area contributed by atoms with Crippen LogP contribution in [0.15, 0.2) is 58.0 Å². The maximum absolute atomic E-state index is 12.4. The Balaban J connectivity index is 1.40. The van der Waals surface area contributed by atoms with Crippen LogP contribution in [0.4, 0.5) is 0 Å². The van der Waals surface area contributed by atoms with Crippen LogP contribution in [-0.4, -0.2) is 21.9 Å². The second kappa shape index (κ2) is 7.93. The molecule has 1 amide bonds. The lowest BCUT2D eigenvalue weighted by Gasteiger charge is -2.23. The van der Waals surface area contributed by atoms with Gasteiger partial charge in [0.1, 0.15) is 5.76 Å². The summed E-state index contributed by atoms with van der Waals surface area (Å²) >= 11 is 1.73. The van der Waals surface area contributed by atoms with Crippen LogP contribution in [-0.2, 0) is 31.0 Å². The summed E-state index contributed by atoms with van der Waals surface area (Å²) < 4.78 is 7.57. The number of carbonyl (C=O) groups is 1. The lowest BCUT2D eigenvalue weighted by Crippen LogP contribution is -2.32. The normalized spacial score (nSPS) is 17.6. The van der Waals surface area contributed by atoms with Gasteiger partial charge in [-0.25, -0.2) is 0 Å². The Morgan fingerprint density at radius 3 is 3.04 bits per heavy atom. The first-order chi connectivity index (χ1) is 12.8. The van der Waals surface area contributed by atoms with Gasteiger partial charge in [0.2, 0.25) is 5.91 Å². The molecule has 26 heavy (non-hydrogen) atoms. The highest BCUT2D eigenvalue weighted by Crippen LogP contribution is 2.22. The minimum atomic E-state index is 0.0810. The molecule has 0 unspecified atom stereocenters. The van der Waals surface area contributed by atoms with Gasteiger partial charge in [0, 0.05) is 44.5 Å². The number of hydrogen-bond acceptors (Lipinski definition) is 4. The minimum Gasteiger partial charge on any atom is -0.467 e. The molecule has 3 aromatic heterocycles. The number of fused-ring (bicyclic) bond motifs is 1. The molecule has 0 aliphatic carbocycles. The zero-order valence-electron chi connectivity index (χ0n) is 14.6. The van der Waals surface area contributed by atoms with Gasteiger partial charge in [0.15, 0.2) is 0 Å². The first kappa shape index (κ1) is 17.1. The number of thiophene rings is 1. The van der Waals surface area contributed by atoms with Gasteiger partial charge in [0.05, 0.1) is 12.8 Å². The molecule has 6 heteroatoms. The summed E-state index contributed by atoms with van der Waals surface area (Å²) in [4.78, 5) is 14.9. The summed E-state index contributed by atoms with van der Waals surface area (Å²) in [6.45, 7) is 4.11. The van der Waals surface area contributed by atoms with Gasteiger partial charge in [-0.2, -0.15) is 11.3 Å². The van der Waals surface area contributed by atoms with E-state index in [1.54, 1.807) is 17.6 Å². The summed E-state index contributed by atoms with van der Waals surface area (Å²) in [5.41, 5.74) is 2.66. The molecule has 136 valence electrons. The summed E-state index contributed by atoms with van der Waals surface area (Å²) in [5.74, 6) is 1.15. The monoisotopic (exact) mass is 369 g/mol. The maximum atomic E-state index is 12.4. The summed E-state index contributed by atoms with van der Waals surface area (Å²) in [6.07, 6.45) is 4.28. The molecule has 0 saturated heterocycles. The molecule has 4 heterocycles. The molecule has 1 aliphatic heterocycles. The van der Waals surface area contributed by atoms with Crippen molar-refractivity contribution in [3.8, 4) is 0 Å². The molecule has 0 spiro atoms. The van der Waals surface area contributed by atoms with E-state index in [9.17, 15) is 4.79 Å². The van der Waals surface area contributed by atoms with E-state index in [-0.39, 0.29) is 5.91 Å². The predicted octanol–water partition coefficient (Wildman–Crippen LogP) is 3.48. The van der Waals surface area contributed by atoms with Crippen molar-refractivity contribution in [1.29, 1.82) is 0 Å². The van der Waals surface area contributed by atoms with Gasteiger partial charge in [-0.05, 0) is 52.6 Å². The number of hydrogen-bond donors (Lipinski definition) is 1. The van der Waals surface area contributed by atoms with E-state index in [1.165, 1.54) is 11.3 Å². The number of aromatic nitrogens is 1. The standard InChI is InChI=1S/C20H23N3O2S/c24-20(21-10-19-4-2-7-25-19)9-17-12-22(11-16-5-8-26-15-16)14-18-3-1-6-23(18)13-17/h1-8,15,17H,9-14H2,(H,21,24)/t17-/m0/s1. The summed E-state index contributed by atoms with van der Waals surface area (Å²) in [6, 6.07) is 10.2.